The molecule has 2 N–H and O–H groups in total. The van der Waals surface area contributed by atoms with Gasteiger partial charge in [0.15, 0.2) is 5.78 Å². The SMILES string of the molecule is Cn1cc(C(=O)C2(CN)COC2)c2ccccc21. The molecule has 2 aromatic rings. The summed E-state index contributed by atoms with van der Waals surface area (Å²) >= 11 is 0. The molecule has 0 unspecified atom stereocenters. The summed E-state index contributed by atoms with van der Waals surface area (Å²) in [5.74, 6) is 0.105. The number of carbonyl (C=O) groups excluding carboxylic acids is 1. The lowest BCUT2D eigenvalue weighted by Crippen LogP contribution is -2.54. The number of nitrogens with zero attached hydrogens (tertiary/aromatic N) is 1. The Kier molecular flexibility index (Phi) is 2.50. The number of benzene rings is 1. The van der Waals surface area contributed by atoms with E-state index in [1.165, 1.54) is 0 Å². The van der Waals surface area contributed by atoms with Gasteiger partial charge in [0, 0.05) is 36.3 Å². The Morgan fingerprint density at radius 1 is 1.44 bits per heavy atom. The predicted octanol–water partition coefficient (Wildman–Crippen LogP) is 1.34. The first-order valence-corrected chi connectivity index (χ1v) is 6.05. The van der Waals surface area contributed by atoms with Crippen LogP contribution in [0.25, 0.3) is 10.9 Å². The maximum atomic E-state index is 12.6. The van der Waals surface area contributed by atoms with Crippen molar-refractivity contribution in [2.45, 2.75) is 0 Å². The summed E-state index contributed by atoms with van der Waals surface area (Å²) in [5.41, 5.74) is 7.06. The number of hydrogen-bond acceptors (Lipinski definition) is 3. The van der Waals surface area contributed by atoms with E-state index in [0.717, 1.165) is 16.5 Å². The van der Waals surface area contributed by atoms with E-state index in [2.05, 4.69) is 0 Å². The third-order valence-electron chi connectivity index (χ3n) is 3.77. The smallest absolute Gasteiger partial charge is 0.177 e. The topological polar surface area (TPSA) is 57.2 Å². The fraction of sp³-hybridized carbons (Fsp3) is 0.357. The molecular formula is C14H16N2O2. The van der Waals surface area contributed by atoms with Gasteiger partial charge in [-0.3, -0.25) is 4.79 Å². The average molecular weight is 244 g/mol. The molecular weight excluding hydrogens is 228 g/mol. The number of Topliss-reactive ketones (excluding diaryl/α,β-unsaturated/α-hetero) is 1. The molecule has 2 heterocycles. The second-order valence-electron chi connectivity index (χ2n) is 4.98. The first-order chi connectivity index (χ1) is 8.68. The molecule has 1 saturated heterocycles. The summed E-state index contributed by atoms with van der Waals surface area (Å²) in [7, 11) is 1.95. The summed E-state index contributed by atoms with van der Waals surface area (Å²) in [6, 6.07) is 7.91. The van der Waals surface area contributed by atoms with Gasteiger partial charge >= 0.3 is 0 Å². The van der Waals surface area contributed by atoms with Crippen molar-refractivity contribution in [2.75, 3.05) is 19.8 Å². The number of aromatic nitrogens is 1. The third-order valence-corrected chi connectivity index (χ3v) is 3.77. The van der Waals surface area contributed by atoms with Crippen LogP contribution in [-0.4, -0.2) is 30.1 Å². The van der Waals surface area contributed by atoms with Crippen molar-refractivity contribution in [2.24, 2.45) is 18.2 Å². The molecule has 0 spiro atoms. The van der Waals surface area contributed by atoms with Crippen LogP contribution in [0.15, 0.2) is 30.5 Å². The van der Waals surface area contributed by atoms with Gasteiger partial charge < -0.3 is 15.0 Å². The van der Waals surface area contributed by atoms with Crippen molar-refractivity contribution >= 4 is 16.7 Å². The molecule has 0 aliphatic carbocycles. The normalized spacial score (nSPS) is 17.7. The van der Waals surface area contributed by atoms with Gasteiger partial charge in [-0.15, -0.1) is 0 Å². The van der Waals surface area contributed by atoms with Gasteiger partial charge in [0.05, 0.1) is 18.6 Å². The van der Waals surface area contributed by atoms with Crippen LogP contribution in [0, 0.1) is 5.41 Å². The van der Waals surface area contributed by atoms with Gasteiger partial charge in [-0.05, 0) is 6.07 Å². The highest BCUT2D eigenvalue weighted by Gasteiger charge is 2.45. The molecule has 1 aromatic heterocycles. The van der Waals surface area contributed by atoms with E-state index in [1.807, 2.05) is 42.1 Å². The number of rotatable bonds is 3. The second-order valence-corrected chi connectivity index (χ2v) is 4.98. The summed E-state index contributed by atoms with van der Waals surface area (Å²) in [5, 5.41) is 0.990. The standard InChI is InChI=1S/C14H16N2O2/c1-16-6-11(10-4-2-3-5-12(10)16)13(17)14(7-15)8-18-9-14/h2-6H,7-9,15H2,1H3. The largest absolute Gasteiger partial charge is 0.379 e. The number of fused-ring (bicyclic) bond motifs is 1. The van der Waals surface area contributed by atoms with Crippen molar-refractivity contribution in [3.05, 3.63) is 36.0 Å². The number of carbonyl (C=O) groups is 1. The van der Waals surface area contributed by atoms with Crippen LogP contribution < -0.4 is 5.73 Å². The van der Waals surface area contributed by atoms with Crippen LogP contribution in [0.2, 0.25) is 0 Å². The summed E-state index contributed by atoms with van der Waals surface area (Å²) in [6.45, 7) is 1.21. The van der Waals surface area contributed by atoms with Crippen molar-refractivity contribution in [1.82, 2.24) is 4.57 Å². The molecule has 0 amide bonds. The number of ketones is 1. The van der Waals surface area contributed by atoms with Crippen LogP contribution in [0.3, 0.4) is 0 Å². The van der Waals surface area contributed by atoms with Crippen LogP contribution in [-0.2, 0) is 11.8 Å². The molecule has 1 aromatic carbocycles. The van der Waals surface area contributed by atoms with Crippen molar-refractivity contribution in [3.8, 4) is 0 Å². The fourth-order valence-corrected chi connectivity index (χ4v) is 2.50. The summed E-state index contributed by atoms with van der Waals surface area (Å²) in [4.78, 5) is 12.6. The first kappa shape index (κ1) is 11.4. The monoisotopic (exact) mass is 244 g/mol. The predicted molar refractivity (Wildman–Crippen MR) is 69.6 cm³/mol. The highest BCUT2D eigenvalue weighted by Crippen LogP contribution is 2.33. The minimum atomic E-state index is -0.510. The number of nitrogens with two attached hydrogens (primary N) is 1. The van der Waals surface area contributed by atoms with Crippen LogP contribution >= 0.6 is 0 Å². The highest BCUT2D eigenvalue weighted by atomic mass is 16.5. The molecule has 94 valence electrons. The summed E-state index contributed by atoms with van der Waals surface area (Å²) < 4.78 is 7.16. The van der Waals surface area contributed by atoms with E-state index in [0.29, 0.717) is 19.8 Å². The van der Waals surface area contributed by atoms with E-state index < -0.39 is 5.41 Å². The van der Waals surface area contributed by atoms with E-state index in [1.54, 1.807) is 0 Å². The Bertz CT molecular complexity index is 606. The van der Waals surface area contributed by atoms with Gasteiger partial charge in [0.1, 0.15) is 0 Å². The van der Waals surface area contributed by atoms with E-state index in [4.69, 9.17) is 10.5 Å². The highest BCUT2D eigenvalue weighted by molar-refractivity contribution is 6.11. The molecule has 0 bridgehead atoms. The van der Waals surface area contributed by atoms with Crippen molar-refractivity contribution in [3.63, 3.8) is 0 Å². The first-order valence-electron chi connectivity index (χ1n) is 6.05. The Labute approximate surface area is 105 Å². The maximum Gasteiger partial charge on any atom is 0.177 e. The van der Waals surface area contributed by atoms with E-state index in [-0.39, 0.29) is 5.78 Å². The van der Waals surface area contributed by atoms with Gasteiger partial charge in [-0.25, -0.2) is 0 Å². The van der Waals surface area contributed by atoms with Gasteiger partial charge in [0.25, 0.3) is 0 Å². The van der Waals surface area contributed by atoms with Crippen LogP contribution in [0.5, 0.6) is 0 Å². The zero-order chi connectivity index (χ0) is 12.8. The molecule has 0 radical (unpaired) electrons. The maximum absolute atomic E-state index is 12.6. The quantitative estimate of drug-likeness (QED) is 0.829. The number of aryl methyl sites for hydroxylation is 1. The Balaban J connectivity index is 2.12. The molecule has 4 heteroatoms. The second kappa shape index (κ2) is 3.93. The van der Waals surface area contributed by atoms with Crippen LogP contribution in [0.1, 0.15) is 10.4 Å². The van der Waals surface area contributed by atoms with E-state index >= 15 is 0 Å². The average Bonchev–Trinajstić information content (AvgIpc) is 2.67. The molecule has 1 fully saturated rings. The number of para-hydroxylation sites is 1. The zero-order valence-corrected chi connectivity index (χ0v) is 10.3. The Morgan fingerprint density at radius 2 is 2.17 bits per heavy atom. The van der Waals surface area contributed by atoms with Gasteiger partial charge in [0.2, 0.25) is 0 Å². The molecule has 1 aliphatic rings. The fourth-order valence-electron chi connectivity index (χ4n) is 2.50. The zero-order valence-electron chi connectivity index (χ0n) is 10.3. The van der Waals surface area contributed by atoms with E-state index in [9.17, 15) is 4.79 Å². The molecule has 3 rings (SSSR count). The lowest BCUT2D eigenvalue weighted by molar-refractivity contribution is -0.0815. The molecule has 0 atom stereocenters. The molecule has 4 nitrogen and oxygen atoms in total. The molecule has 1 aliphatic heterocycles. The van der Waals surface area contributed by atoms with Crippen LogP contribution in [0.4, 0.5) is 0 Å². The Hall–Kier alpha value is -1.65. The van der Waals surface area contributed by atoms with Gasteiger partial charge in [-0.1, -0.05) is 18.2 Å². The number of hydrogen-bond donors (Lipinski definition) is 1. The van der Waals surface area contributed by atoms with Crippen molar-refractivity contribution in [1.29, 1.82) is 0 Å². The minimum Gasteiger partial charge on any atom is -0.379 e. The minimum absolute atomic E-state index is 0.105. The lowest BCUT2D eigenvalue weighted by Gasteiger charge is -2.38. The van der Waals surface area contributed by atoms with Crippen molar-refractivity contribution < 1.29 is 9.53 Å². The van der Waals surface area contributed by atoms with Gasteiger partial charge in [-0.2, -0.15) is 0 Å². The summed E-state index contributed by atoms with van der Waals surface area (Å²) in [6.07, 6.45) is 1.89. The lowest BCUT2D eigenvalue weighted by atomic mass is 9.78. The molecule has 0 saturated carbocycles. The molecule has 18 heavy (non-hydrogen) atoms. The third kappa shape index (κ3) is 1.43. The Morgan fingerprint density at radius 3 is 2.78 bits per heavy atom. The number of ether oxygens (including phenoxy) is 1.